The number of hydrogen-bond acceptors (Lipinski definition) is 5. The molecule has 20 heavy (non-hydrogen) atoms. The van der Waals surface area contributed by atoms with Gasteiger partial charge in [0.05, 0.1) is 37.6 Å². The van der Waals surface area contributed by atoms with Crippen molar-refractivity contribution in [3.8, 4) is 11.8 Å². The molecule has 0 saturated carbocycles. The van der Waals surface area contributed by atoms with Gasteiger partial charge in [0.1, 0.15) is 5.75 Å². The summed E-state index contributed by atoms with van der Waals surface area (Å²) in [5.74, 6) is 0.791. The molecule has 5 nitrogen and oxygen atoms in total. The minimum Gasteiger partial charge on any atom is -0.494 e. The van der Waals surface area contributed by atoms with E-state index in [1.807, 2.05) is 12.1 Å². The van der Waals surface area contributed by atoms with Gasteiger partial charge in [0.15, 0.2) is 0 Å². The van der Waals surface area contributed by atoms with Gasteiger partial charge in [-0.05, 0) is 30.7 Å². The van der Waals surface area contributed by atoms with E-state index in [-0.39, 0.29) is 12.7 Å². The largest absolute Gasteiger partial charge is 0.494 e. The molecule has 1 saturated heterocycles. The number of aliphatic hydroxyl groups excluding tert-OH is 1. The second kappa shape index (κ2) is 7.85. The first kappa shape index (κ1) is 14.8. The molecule has 1 heterocycles. The Morgan fingerprint density at radius 3 is 2.90 bits per heavy atom. The minimum atomic E-state index is -0.0526. The van der Waals surface area contributed by atoms with E-state index in [2.05, 4.69) is 11.0 Å². The van der Waals surface area contributed by atoms with Crippen molar-refractivity contribution < 1.29 is 14.6 Å². The molecule has 0 amide bonds. The molecule has 0 radical (unpaired) electrons. The van der Waals surface area contributed by atoms with Crippen LogP contribution in [0.4, 0.5) is 0 Å². The van der Waals surface area contributed by atoms with Gasteiger partial charge in [-0.1, -0.05) is 0 Å². The zero-order valence-electron chi connectivity index (χ0n) is 11.5. The molecule has 1 aromatic carbocycles. The van der Waals surface area contributed by atoms with Crippen LogP contribution in [0.5, 0.6) is 5.75 Å². The average molecular weight is 276 g/mol. The summed E-state index contributed by atoms with van der Waals surface area (Å²) >= 11 is 0. The van der Waals surface area contributed by atoms with Crippen molar-refractivity contribution in [1.29, 1.82) is 5.26 Å². The molecule has 1 aliphatic rings. The van der Waals surface area contributed by atoms with E-state index >= 15 is 0 Å². The first-order chi connectivity index (χ1) is 9.81. The molecule has 1 aromatic rings. The fourth-order valence-electron chi connectivity index (χ4n) is 2.20. The van der Waals surface area contributed by atoms with Crippen LogP contribution in [0.1, 0.15) is 12.0 Å². The molecule has 0 aliphatic carbocycles. The maximum absolute atomic E-state index is 9.07. The van der Waals surface area contributed by atoms with Crippen molar-refractivity contribution >= 4 is 0 Å². The Balaban J connectivity index is 1.64. The predicted molar refractivity (Wildman–Crippen MR) is 74.5 cm³/mol. The highest BCUT2D eigenvalue weighted by Crippen LogP contribution is 2.12. The third-order valence-electron chi connectivity index (χ3n) is 3.30. The monoisotopic (exact) mass is 276 g/mol. The van der Waals surface area contributed by atoms with Crippen LogP contribution in [0.2, 0.25) is 0 Å². The quantitative estimate of drug-likeness (QED) is 0.786. The Bertz CT molecular complexity index is 441. The molecule has 1 N–H and O–H groups in total. The van der Waals surface area contributed by atoms with Crippen molar-refractivity contribution in [2.24, 2.45) is 0 Å². The van der Waals surface area contributed by atoms with E-state index in [1.165, 1.54) is 0 Å². The number of aliphatic hydroxyl groups is 1. The smallest absolute Gasteiger partial charge is 0.119 e. The van der Waals surface area contributed by atoms with Gasteiger partial charge in [-0.15, -0.1) is 0 Å². The Labute approximate surface area is 119 Å². The van der Waals surface area contributed by atoms with Crippen molar-refractivity contribution in [2.45, 2.75) is 12.5 Å². The predicted octanol–water partition coefficient (Wildman–Crippen LogP) is 1.02. The number of benzene rings is 1. The standard InChI is InChI=1S/C15H20N2O3/c16-10-13-2-4-14(5-3-13)19-8-1-6-17-7-9-20-15(11-17)12-18/h2-5,15,18H,1,6-9,11-12H2. The maximum Gasteiger partial charge on any atom is 0.119 e. The molecule has 0 bridgehead atoms. The summed E-state index contributed by atoms with van der Waals surface area (Å²) < 4.78 is 11.0. The molecule has 108 valence electrons. The molecule has 0 spiro atoms. The van der Waals surface area contributed by atoms with E-state index in [4.69, 9.17) is 19.8 Å². The van der Waals surface area contributed by atoms with Crippen LogP contribution in [0.25, 0.3) is 0 Å². The molecule has 5 heteroatoms. The van der Waals surface area contributed by atoms with Gasteiger partial charge in [-0.3, -0.25) is 4.90 Å². The lowest BCUT2D eigenvalue weighted by atomic mass is 10.2. The van der Waals surface area contributed by atoms with Gasteiger partial charge in [0.25, 0.3) is 0 Å². The van der Waals surface area contributed by atoms with Gasteiger partial charge in [-0.2, -0.15) is 5.26 Å². The summed E-state index contributed by atoms with van der Waals surface area (Å²) in [5, 5.41) is 17.8. The van der Waals surface area contributed by atoms with E-state index in [0.29, 0.717) is 18.8 Å². The van der Waals surface area contributed by atoms with Gasteiger partial charge in [0.2, 0.25) is 0 Å². The molecular formula is C15H20N2O3. The van der Waals surface area contributed by atoms with Crippen LogP contribution in [-0.4, -0.2) is 55.6 Å². The molecular weight excluding hydrogens is 256 g/mol. The lowest BCUT2D eigenvalue weighted by molar-refractivity contribution is -0.0533. The van der Waals surface area contributed by atoms with Crippen LogP contribution >= 0.6 is 0 Å². The van der Waals surface area contributed by atoms with Crippen LogP contribution in [0, 0.1) is 11.3 Å². The Kier molecular flexibility index (Phi) is 5.81. The lowest BCUT2D eigenvalue weighted by Crippen LogP contribution is -2.44. The van der Waals surface area contributed by atoms with Gasteiger partial charge < -0.3 is 14.6 Å². The summed E-state index contributed by atoms with van der Waals surface area (Å²) in [6.07, 6.45) is 0.876. The number of hydrogen-bond donors (Lipinski definition) is 1. The van der Waals surface area contributed by atoms with Gasteiger partial charge >= 0.3 is 0 Å². The van der Waals surface area contributed by atoms with E-state index in [1.54, 1.807) is 12.1 Å². The number of nitrogens with zero attached hydrogens (tertiary/aromatic N) is 2. The topological polar surface area (TPSA) is 65.7 Å². The Hall–Kier alpha value is -1.61. The fraction of sp³-hybridized carbons (Fsp3) is 0.533. The van der Waals surface area contributed by atoms with E-state index in [0.717, 1.165) is 31.8 Å². The van der Waals surface area contributed by atoms with Crippen LogP contribution in [0.15, 0.2) is 24.3 Å². The summed E-state index contributed by atoms with van der Waals surface area (Å²) in [7, 11) is 0. The minimum absolute atomic E-state index is 0.0526. The fourth-order valence-corrected chi connectivity index (χ4v) is 2.20. The zero-order chi connectivity index (χ0) is 14.2. The second-order valence-electron chi connectivity index (χ2n) is 4.81. The van der Waals surface area contributed by atoms with Crippen molar-refractivity contribution in [3.05, 3.63) is 29.8 Å². The van der Waals surface area contributed by atoms with E-state index in [9.17, 15) is 0 Å². The summed E-state index contributed by atoms with van der Waals surface area (Å²) in [4.78, 5) is 2.28. The van der Waals surface area contributed by atoms with Crippen molar-refractivity contribution in [3.63, 3.8) is 0 Å². The highest BCUT2D eigenvalue weighted by atomic mass is 16.5. The number of rotatable bonds is 6. The molecule has 1 fully saturated rings. The number of nitriles is 1. The zero-order valence-corrected chi connectivity index (χ0v) is 11.5. The van der Waals surface area contributed by atoms with E-state index < -0.39 is 0 Å². The Morgan fingerprint density at radius 1 is 1.40 bits per heavy atom. The van der Waals surface area contributed by atoms with Crippen molar-refractivity contribution in [2.75, 3.05) is 39.5 Å². The normalized spacial score (nSPS) is 19.5. The first-order valence-corrected chi connectivity index (χ1v) is 6.89. The third-order valence-corrected chi connectivity index (χ3v) is 3.30. The lowest BCUT2D eigenvalue weighted by Gasteiger charge is -2.31. The molecule has 1 atom stereocenters. The SMILES string of the molecule is N#Cc1ccc(OCCCN2CCOC(CO)C2)cc1. The molecule has 0 aromatic heterocycles. The number of morpholine rings is 1. The third kappa shape index (κ3) is 4.49. The Morgan fingerprint density at radius 2 is 2.20 bits per heavy atom. The van der Waals surface area contributed by atoms with Crippen LogP contribution in [-0.2, 0) is 4.74 Å². The molecule has 2 rings (SSSR count). The van der Waals surface area contributed by atoms with Crippen molar-refractivity contribution in [1.82, 2.24) is 4.90 Å². The molecule has 1 unspecified atom stereocenters. The maximum atomic E-state index is 9.07. The van der Waals surface area contributed by atoms with Crippen LogP contribution < -0.4 is 4.74 Å². The first-order valence-electron chi connectivity index (χ1n) is 6.89. The highest BCUT2D eigenvalue weighted by Gasteiger charge is 2.18. The van der Waals surface area contributed by atoms with Crippen LogP contribution in [0.3, 0.4) is 0 Å². The summed E-state index contributed by atoms with van der Waals surface area (Å²) in [6, 6.07) is 9.21. The summed E-state index contributed by atoms with van der Waals surface area (Å²) in [5.41, 5.74) is 0.640. The number of ether oxygens (including phenoxy) is 2. The average Bonchev–Trinajstić information content (AvgIpc) is 2.52. The summed E-state index contributed by atoms with van der Waals surface area (Å²) in [6.45, 7) is 4.05. The molecule has 1 aliphatic heterocycles. The van der Waals surface area contributed by atoms with Gasteiger partial charge in [-0.25, -0.2) is 0 Å². The highest BCUT2D eigenvalue weighted by molar-refractivity contribution is 5.34. The van der Waals surface area contributed by atoms with Gasteiger partial charge in [0, 0.05) is 19.6 Å². The second-order valence-corrected chi connectivity index (χ2v) is 4.81.